The zero-order valence-electron chi connectivity index (χ0n) is 9.64. The summed E-state index contributed by atoms with van der Waals surface area (Å²) in [5.74, 6) is 0. The van der Waals surface area contributed by atoms with Gasteiger partial charge in [0.15, 0.2) is 0 Å². The Bertz CT molecular complexity index is 498. The van der Waals surface area contributed by atoms with Crippen molar-refractivity contribution in [1.29, 1.82) is 0 Å². The van der Waals surface area contributed by atoms with Gasteiger partial charge in [0.05, 0.1) is 5.69 Å². The van der Waals surface area contributed by atoms with Crippen LogP contribution in [0.15, 0.2) is 53.5 Å². The van der Waals surface area contributed by atoms with E-state index in [0.29, 0.717) is 0 Å². The second-order valence-corrected chi connectivity index (χ2v) is 3.95. The quantitative estimate of drug-likeness (QED) is 0.661. The number of hydrogen-bond donors (Lipinski definition) is 0. The van der Waals surface area contributed by atoms with Gasteiger partial charge in [0.25, 0.3) is 0 Å². The summed E-state index contributed by atoms with van der Waals surface area (Å²) in [4.78, 5) is 4.44. The topological polar surface area (TPSA) is 12.4 Å². The monoisotopic (exact) mass is 209 g/mol. The Hall–Kier alpha value is -1.89. The van der Waals surface area contributed by atoms with E-state index < -0.39 is 0 Å². The maximum atomic E-state index is 4.44. The average molecular weight is 209 g/mol. The molecule has 1 nitrogen and oxygen atoms in total. The predicted molar refractivity (Wildman–Crippen MR) is 69.6 cm³/mol. The number of hydrogen-bond acceptors (Lipinski definition) is 1. The third-order valence-electron chi connectivity index (χ3n) is 2.53. The number of benzene rings is 2. The maximum absolute atomic E-state index is 4.44. The first-order chi connectivity index (χ1) is 7.75. The summed E-state index contributed by atoms with van der Waals surface area (Å²) in [6, 6.07) is 16.4. The Kier molecular flexibility index (Phi) is 3.16. The third-order valence-corrected chi connectivity index (χ3v) is 2.53. The molecular weight excluding hydrogens is 194 g/mol. The van der Waals surface area contributed by atoms with Crippen LogP contribution in [0.3, 0.4) is 0 Å². The van der Waals surface area contributed by atoms with Crippen LogP contribution in [-0.2, 0) is 0 Å². The molecule has 0 fully saturated rings. The minimum Gasteiger partial charge on any atom is -0.256 e. The smallest absolute Gasteiger partial charge is 0.0629 e. The van der Waals surface area contributed by atoms with Crippen LogP contribution in [0.25, 0.3) is 0 Å². The molecule has 0 radical (unpaired) electrons. The molecule has 16 heavy (non-hydrogen) atoms. The van der Waals surface area contributed by atoms with Gasteiger partial charge in [-0.25, -0.2) is 0 Å². The van der Waals surface area contributed by atoms with Crippen LogP contribution in [0, 0.1) is 13.8 Å². The molecule has 2 aromatic carbocycles. The molecule has 0 saturated carbocycles. The lowest BCUT2D eigenvalue weighted by atomic mass is 10.1. The average Bonchev–Trinajstić information content (AvgIpc) is 2.29. The Balaban J connectivity index is 2.24. The fourth-order valence-corrected chi connectivity index (χ4v) is 1.63. The molecule has 0 saturated heterocycles. The van der Waals surface area contributed by atoms with Gasteiger partial charge >= 0.3 is 0 Å². The highest BCUT2D eigenvalue weighted by atomic mass is 14.7. The van der Waals surface area contributed by atoms with Crippen molar-refractivity contribution in [2.24, 2.45) is 4.99 Å². The van der Waals surface area contributed by atoms with Crippen LogP contribution in [0.1, 0.15) is 16.7 Å². The van der Waals surface area contributed by atoms with Crippen molar-refractivity contribution in [3.63, 3.8) is 0 Å². The summed E-state index contributed by atoms with van der Waals surface area (Å²) in [6.45, 7) is 4.21. The molecule has 0 atom stereocenters. The number of rotatable bonds is 2. The molecule has 0 aliphatic rings. The van der Waals surface area contributed by atoms with Gasteiger partial charge < -0.3 is 0 Å². The zero-order chi connectivity index (χ0) is 11.4. The van der Waals surface area contributed by atoms with Crippen molar-refractivity contribution < 1.29 is 0 Å². The first kappa shape index (κ1) is 10.6. The first-order valence-electron chi connectivity index (χ1n) is 5.42. The van der Waals surface area contributed by atoms with Crippen molar-refractivity contribution in [1.82, 2.24) is 0 Å². The molecule has 0 aliphatic carbocycles. The predicted octanol–water partition coefficient (Wildman–Crippen LogP) is 4.05. The SMILES string of the molecule is Cc1ccc(C=Nc2ccccc2)c(C)c1. The molecule has 0 N–H and O–H groups in total. The summed E-state index contributed by atoms with van der Waals surface area (Å²) in [5, 5.41) is 0. The molecule has 0 heterocycles. The molecule has 80 valence electrons. The number of nitrogens with zero attached hydrogens (tertiary/aromatic N) is 1. The van der Waals surface area contributed by atoms with Crippen LogP contribution in [0.2, 0.25) is 0 Å². The highest BCUT2D eigenvalue weighted by molar-refractivity contribution is 5.83. The van der Waals surface area contributed by atoms with E-state index in [4.69, 9.17) is 0 Å². The first-order valence-corrected chi connectivity index (χ1v) is 5.42. The number of aryl methyl sites for hydroxylation is 2. The van der Waals surface area contributed by atoms with Crippen molar-refractivity contribution in [3.8, 4) is 0 Å². The second kappa shape index (κ2) is 4.75. The Labute approximate surface area is 96.5 Å². The number of aliphatic imine (C=N–C) groups is 1. The molecule has 2 rings (SSSR count). The maximum Gasteiger partial charge on any atom is 0.0629 e. The molecule has 0 amide bonds. The highest BCUT2D eigenvalue weighted by Gasteiger charge is 1.94. The van der Waals surface area contributed by atoms with Crippen molar-refractivity contribution in [2.75, 3.05) is 0 Å². The minimum atomic E-state index is 0.988. The third kappa shape index (κ3) is 2.57. The Morgan fingerprint density at radius 3 is 2.38 bits per heavy atom. The van der Waals surface area contributed by atoms with Gasteiger partial charge in [-0.2, -0.15) is 0 Å². The van der Waals surface area contributed by atoms with Gasteiger partial charge in [0, 0.05) is 6.21 Å². The Morgan fingerprint density at radius 2 is 1.69 bits per heavy atom. The van der Waals surface area contributed by atoms with Gasteiger partial charge in [-0.3, -0.25) is 4.99 Å². The molecule has 0 aliphatic heterocycles. The van der Waals surface area contributed by atoms with E-state index in [2.05, 4.69) is 37.0 Å². The molecule has 0 bridgehead atoms. The molecule has 0 spiro atoms. The Morgan fingerprint density at radius 1 is 0.938 bits per heavy atom. The van der Waals surface area contributed by atoms with E-state index in [1.807, 2.05) is 36.5 Å². The van der Waals surface area contributed by atoms with Crippen LogP contribution in [-0.4, -0.2) is 6.21 Å². The van der Waals surface area contributed by atoms with Crippen LogP contribution >= 0.6 is 0 Å². The molecule has 0 aromatic heterocycles. The van der Waals surface area contributed by atoms with Gasteiger partial charge in [0.1, 0.15) is 0 Å². The van der Waals surface area contributed by atoms with Crippen molar-refractivity contribution in [2.45, 2.75) is 13.8 Å². The fraction of sp³-hybridized carbons (Fsp3) is 0.133. The van der Waals surface area contributed by atoms with Gasteiger partial charge in [-0.1, -0.05) is 42.0 Å². The van der Waals surface area contributed by atoms with E-state index in [0.717, 1.165) is 5.69 Å². The van der Waals surface area contributed by atoms with Crippen molar-refractivity contribution >= 4 is 11.9 Å². The number of para-hydroxylation sites is 1. The lowest BCUT2D eigenvalue weighted by Crippen LogP contribution is -1.87. The lowest BCUT2D eigenvalue weighted by molar-refractivity contribution is 1.37. The zero-order valence-corrected chi connectivity index (χ0v) is 9.64. The van der Waals surface area contributed by atoms with Gasteiger partial charge in [-0.15, -0.1) is 0 Å². The molecule has 1 heteroatoms. The second-order valence-electron chi connectivity index (χ2n) is 3.95. The van der Waals surface area contributed by atoms with Gasteiger partial charge in [0.2, 0.25) is 0 Å². The summed E-state index contributed by atoms with van der Waals surface area (Å²) < 4.78 is 0. The van der Waals surface area contributed by atoms with Crippen molar-refractivity contribution in [3.05, 3.63) is 65.2 Å². The minimum absolute atomic E-state index is 0.988. The summed E-state index contributed by atoms with van der Waals surface area (Å²) in [5.41, 5.74) is 4.71. The van der Waals surface area contributed by atoms with E-state index >= 15 is 0 Å². The van der Waals surface area contributed by atoms with E-state index in [9.17, 15) is 0 Å². The summed E-state index contributed by atoms with van der Waals surface area (Å²) >= 11 is 0. The highest BCUT2D eigenvalue weighted by Crippen LogP contribution is 2.12. The van der Waals surface area contributed by atoms with Crippen LogP contribution < -0.4 is 0 Å². The summed E-state index contributed by atoms with van der Waals surface area (Å²) in [7, 11) is 0. The van der Waals surface area contributed by atoms with E-state index in [-0.39, 0.29) is 0 Å². The van der Waals surface area contributed by atoms with E-state index in [1.165, 1.54) is 16.7 Å². The molecule has 2 aromatic rings. The largest absolute Gasteiger partial charge is 0.256 e. The van der Waals surface area contributed by atoms with Gasteiger partial charge in [-0.05, 0) is 37.1 Å². The van der Waals surface area contributed by atoms with Crippen LogP contribution in [0.5, 0.6) is 0 Å². The normalized spacial score (nSPS) is 10.9. The molecular formula is C15H15N. The standard InChI is InChI=1S/C15H15N/c1-12-8-9-14(13(2)10-12)11-16-15-6-4-3-5-7-15/h3-11H,1-2H3. The lowest BCUT2D eigenvalue weighted by Gasteiger charge is -2.00. The van der Waals surface area contributed by atoms with E-state index in [1.54, 1.807) is 0 Å². The molecule has 0 unspecified atom stereocenters. The fourth-order valence-electron chi connectivity index (χ4n) is 1.63. The van der Waals surface area contributed by atoms with Crippen LogP contribution in [0.4, 0.5) is 5.69 Å². The summed E-state index contributed by atoms with van der Waals surface area (Å²) in [6.07, 6.45) is 1.92.